The standard InChI is InChI=1S/C22H22ClN5O4/c1-31-22-14-4-5-28(21(14)25-10-26-22)17-7-12(18(29)19(17)30)9-32-13-3-2-11-6-15(23)20(24)27-16(11)8-13/h2-6,8,10,12,17-19,29-30H,7,9H2,1H3,(H2,24,27)/t12-,17?,18-,19+/m1/s1. The van der Waals surface area contributed by atoms with Crippen LogP contribution < -0.4 is 15.2 Å². The van der Waals surface area contributed by atoms with Crippen molar-refractivity contribution in [2.75, 3.05) is 19.5 Å². The second-order valence-corrected chi connectivity index (χ2v) is 8.32. The van der Waals surface area contributed by atoms with Gasteiger partial charge in [-0.25, -0.2) is 15.0 Å². The van der Waals surface area contributed by atoms with E-state index in [2.05, 4.69) is 15.0 Å². The third kappa shape index (κ3) is 3.48. The number of nitrogen functional groups attached to an aromatic ring is 1. The summed E-state index contributed by atoms with van der Waals surface area (Å²) in [6.07, 6.45) is 1.88. The highest BCUT2D eigenvalue weighted by atomic mass is 35.5. The number of hydrogen-bond acceptors (Lipinski definition) is 8. The number of ether oxygens (including phenoxy) is 2. The smallest absolute Gasteiger partial charge is 0.225 e. The van der Waals surface area contributed by atoms with Crippen molar-refractivity contribution in [1.82, 2.24) is 19.5 Å². The summed E-state index contributed by atoms with van der Waals surface area (Å²) in [4.78, 5) is 12.7. The Morgan fingerprint density at radius 2 is 2.03 bits per heavy atom. The maximum absolute atomic E-state index is 10.7. The molecule has 10 heteroatoms. The van der Waals surface area contributed by atoms with Gasteiger partial charge in [-0.15, -0.1) is 0 Å². The van der Waals surface area contributed by atoms with Gasteiger partial charge in [0.25, 0.3) is 0 Å². The summed E-state index contributed by atoms with van der Waals surface area (Å²) < 4.78 is 13.1. The molecule has 0 spiro atoms. The van der Waals surface area contributed by atoms with E-state index in [9.17, 15) is 10.2 Å². The zero-order valence-corrected chi connectivity index (χ0v) is 18.0. The molecule has 0 saturated heterocycles. The Labute approximate surface area is 188 Å². The van der Waals surface area contributed by atoms with Gasteiger partial charge in [0, 0.05) is 23.6 Å². The van der Waals surface area contributed by atoms with Gasteiger partial charge < -0.3 is 30.0 Å². The summed E-state index contributed by atoms with van der Waals surface area (Å²) in [5, 5.41) is 23.4. The van der Waals surface area contributed by atoms with Crippen LogP contribution in [0.25, 0.3) is 21.9 Å². The van der Waals surface area contributed by atoms with Gasteiger partial charge in [0.05, 0.1) is 41.8 Å². The third-order valence-electron chi connectivity index (χ3n) is 6.03. The zero-order valence-electron chi connectivity index (χ0n) is 17.2. The molecule has 1 aromatic carbocycles. The van der Waals surface area contributed by atoms with Crippen molar-refractivity contribution in [2.24, 2.45) is 5.92 Å². The highest BCUT2D eigenvalue weighted by Crippen LogP contribution is 2.38. The highest BCUT2D eigenvalue weighted by molar-refractivity contribution is 6.33. The Hall–Kier alpha value is -3.14. The lowest BCUT2D eigenvalue weighted by Gasteiger charge is -2.19. The Balaban J connectivity index is 1.34. The number of nitrogens with two attached hydrogens (primary N) is 1. The lowest BCUT2D eigenvalue weighted by Crippen LogP contribution is -2.31. The summed E-state index contributed by atoms with van der Waals surface area (Å²) in [7, 11) is 1.55. The molecule has 3 aromatic heterocycles. The maximum atomic E-state index is 10.7. The van der Waals surface area contributed by atoms with Crippen molar-refractivity contribution in [3.05, 3.63) is 47.9 Å². The van der Waals surface area contributed by atoms with Crippen LogP contribution in [-0.2, 0) is 0 Å². The molecule has 0 amide bonds. The molecule has 5 rings (SSSR count). The molecule has 1 fully saturated rings. The second-order valence-electron chi connectivity index (χ2n) is 7.91. The average molecular weight is 456 g/mol. The topological polar surface area (TPSA) is 129 Å². The first kappa shape index (κ1) is 20.7. The Morgan fingerprint density at radius 1 is 1.19 bits per heavy atom. The lowest BCUT2D eigenvalue weighted by atomic mass is 10.1. The van der Waals surface area contributed by atoms with Crippen molar-refractivity contribution in [3.8, 4) is 11.6 Å². The molecule has 1 unspecified atom stereocenters. The number of rotatable bonds is 5. The minimum Gasteiger partial charge on any atom is -0.493 e. The van der Waals surface area contributed by atoms with Crippen molar-refractivity contribution < 1.29 is 19.7 Å². The summed E-state index contributed by atoms with van der Waals surface area (Å²) >= 11 is 6.03. The van der Waals surface area contributed by atoms with Crippen LogP contribution in [0.3, 0.4) is 0 Å². The van der Waals surface area contributed by atoms with Gasteiger partial charge >= 0.3 is 0 Å². The number of nitrogens with zero attached hydrogens (tertiary/aromatic N) is 4. The van der Waals surface area contributed by atoms with Crippen molar-refractivity contribution in [3.63, 3.8) is 0 Å². The van der Waals surface area contributed by atoms with Crippen LogP contribution in [0.1, 0.15) is 12.5 Å². The number of aliphatic hydroxyl groups excluding tert-OH is 2. The zero-order chi connectivity index (χ0) is 22.4. The monoisotopic (exact) mass is 455 g/mol. The lowest BCUT2D eigenvalue weighted by molar-refractivity contribution is -0.00141. The Kier molecular flexibility index (Phi) is 5.24. The predicted molar refractivity (Wildman–Crippen MR) is 120 cm³/mol. The number of fused-ring (bicyclic) bond motifs is 2. The summed E-state index contributed by atoms with van der Waals surface area (Å²) in [6.45, 7) is 0.237. The van der Waals surface area contributed by atoms with Gasteiger partial charge in [-0.2, -0.15) is 0 Å². The van der Waals surface area contributed by atoms with Crippen LogP contribution in [0.5, 0.6) is 11.6 Å². The number of benzene rings is 1. The molecular weight excluding hydrogens is 434 g/mol. The normalized spacial score (nSPS) is 23.1. The average Bonchev–Trinajstić information content (AvgIpc) is 3.34. The van der Waals surface area contributed by atoms with Crippen LogP contribution in [0.15, 0.2) is 42.9 Å². The van der Waals surface area contributed by atoms with E-state index < -0.39 is 12.2 Å². The molecule has 3 heterocycles. The molecule has 4 atom stereocenters. The number of hydrogen-bond donors (Lipinski definition) is 3. The fraction of sp³-hybridized carbons (Fsp3) is 0.318. The number of pyridine rings is 1. The first-order valence-electron chi connectivity index (χ1n) is 10.2. The quantitative estimate of drug-likeness (QED) is 0.419. The highest BCUT2D eigenvalue weighted by Gasteiger charge is 2.43. The van der Waals surface area contributed by atoms with Crippen LogP contribution in [0.2, 0.25) is 5.02 Å². The van der Waals surface area contributed by atoms with Gasteiger partial charge in [0.1, 0.15) is 29.6 Å². The van der Waals surface area contributed by atoms with Crippen LogP contribution in [-0.4, -0.2) is 55.7 Å². The largest absolute Gasteiger partial charge is 0.493 e. The second kappa shape index (κ2) is 8.09. The third-order valence-corrected chi connectivity index (χ3v) is 6.33. The van der Waals surface area contributed by atoms with E-state index in [1.165, 1.54) is 6.33 Å². The molecule has 0 radical (unpaired) electrons. The van der Waals surface area contributed by atoms with Crippen molar-refractivity contribution in [2.45, 2.75) is 24.7 Å². The Morgan fingerprint density at radius 3 is 2.84 bits per heavy atom. The van der Waals surface area contributed by atoms with E-state index in [1.807, 2.05) is 29.0 Å². The van der Waals surface area contributed by atoms with Gasteiger partial charge in [-0.1, -0.05) is 11.6 Å². The molecule has 4 aromatic rings. The van der Waals surface area contributed by atoms with E-state index in [-0.39, 0.29) is 24.4 Å². The number of halogens is 1. The molecule has 4 N–H and O–H groups in total. The molecule has 32 heavy (non-hydrogen) atoms. The molecule has 166 valence electrons. The molecule has 0 bridgehead atoms. The van der Waals surface area contributed by atoms with Crippen LogP contribution >= 0.6 is 11.6 Å². The number of methoxy groups -OCH3 is 1. The first-order valence-corrected chi connectivity index (χ1v) is 10.5. The van der Waals surface area contributed by atoms with E-state index in [1.54, 1.807) is 19.2 Å². The number of anilines is 1. The van der Waals surface area contributed by atoms with Gasteiger partial charge in [0.2, 0.25) is 5.88 Å². The van der Waals surface area contributed by atoms with Crippen LogP contribution in [0, 0.1) is 5.92 Å². The minimum absolute atomic E-state index is 0.237. The fourth-order valence-electron chi connectivity index (χ4n) is 4.35. The SMILES string of the molecule is COc1ncnc2c1ccn2C1C[C@H](COc2ccc3cc(Cl)c(N)nc3c2)[C@@H](O)[C@H]1O. The predicted octanol–water partition coefficient (Wildman–Crippen LogP) is 2.59. The fourth-order valence-corrected chi connectivity index (χ4v) is 4.51. The number of aliphatic hydroxyl groups is 2. The van der Waals surface area contributed by atoms with Crippen molar-refractivity contribution in [1.29, 1.82) is 0 Å². The summed E-state index contributed by atoms with van der Waals surface area (Å²) in [5.74, 6) is 1.05. The molecular formula is C22H22ClN5O4. The van der Waals surface area contributed by atoms with E-state index in [4.69, 9.17) is 26.8 Å². The van der Waals surface area contributed by atoms with E-state index >= 15 is 0 Å². The summed E-state index contributed by atoms with van der Waals surface area (Å²) in [5.41, 5.74) is 7.11. The van der Waals surface area contributed by atoms with Crippen molar-refractivity contribution >= 4 is 39.4 Å². The van der Waals surface area contributed by atoms with E-state index in [0.29, 0.717) is 34.2 Å². The molecule has 9 nitrogen and oxygen atoms in total. The molecule has 1 aliphatic rings. The minimum atomic E-state index is -0.958. The van der Waals surface area contributed by atoms with Gasteiger partial charge in [-0.05, 0) is 30.7 Å². The maximum Gasteiger partial charge on any atom is 0.225 e. The molecule has 0 aliphatic heterocycles. The van der Waals surface area contributed by atoms with Crippen LogP contribution in [0.4, 0.5) is 5.82 Å². The Bertz CT molecular complexity index is 1300. The number of aromatic nitrogens is 4. The summed E-state index contributed by atoms with van der Waals surface area (Å²) in [6, 6.07) is 8.69. The molecule has 1 aliphatic carbocycles. The first-order chi connectivity index (χ1) is 15.5. The van der Waals surface area contributed by atoms with E-state index in [0.717, 1.165) is 10.8 Å². The van der Waals surface area contributed by atoms with Gasteiger partial charge in [0.15, 0.2) is 0 Å². The molecule has 1 saturated carbocycles. The van der Waals surface area contributed by atoms with Gasteiger partial charge in [-0.3, -0.25) is 0 Å².